The summed E-state index contributed by atoms with van der Waals surface area (Å²) in [6, 6.07) is 13.7. The van der Waals surface area contributed by atoms with Crippen LogP contribution in [0.5, 0.6) is 0 Å². The van der Waals surface area contributed by atoms with Crippen LogP contribution in [0.15, 0.2) is 48.5 Å². The second kappa shape index (κ2) is 7.77. The Kier molecular flexibility index (Phi) is 5.72. The first-order chi connectivity index (χ1) is 11.8. The highest BCUT2D eigenvalue weighted by Gasteiger charge is 2.20. The smallest absolute Gasteiger partial charge is 0.241 e. The van der Waals surface area contributed by atoms with Gasteiger partial charge in [0.05, 0.1) is 23.6 Å². The van der Waals surface area contributed by atoms with Gasteiger partial charge in [-0.25, -0.2) is 12.8 Å². The number of carbonyl (C=O) groups excluding carboxylic acids is 1. The van der Waals surface area contributed by atoms with Gasteiger partial charge in [-0.1, -0.05) is 18.2 Å². The molecular weight excluding hydrogens is 345 g/mol. The van der Waals surface area contributed by atoms with E-state index in [4.69, 9.17) is 5.26 Å². The number of amides is 1. The molecule has 0 radical (unpaired) electrons. The van der Waals surface area contributed by atoms with Crippen LogP contribution in [0.3, 0.4) is 0 Å². The van der Waals surface area contributed by atoms with Crippen molar-refractivity contribution in [1.82, 2.24) is 5.32 Å². The maximum atomic E-state index is 13.5. The topological polar surface area (TPSA) is 90.3 Å². The quantitative estimate of drug-likeness (QED) is 0.849. The van der Waals surface area contributed by atoms with Crippen molar-refractivity contribution in [3.8, 4) is 6.07 Å². The Morgan fingerprint density at radius 1 is 1.20 bits per heavy atom. The van der Waals surface area contributed by atoms with Crippen LogP contribution in [-0.2, 0) is 21.4 Å². The number of nitrogens with zero attached hydrogens (tertiary/aromatic N) is 2. The van der Waals surface area contributed by atoms with Gasteiger partial charge in [-0.15, -0.1) is 0 Å². The van der Waals surface area contributed by atoms with Crippen molar-refractivity contribution in [3.05, 3.63) is 65.5 Å². The lowest BCUT2D eigenvalue weighted by Crippen LogP contribution is -2.40. The van der Waals surface area contributed by atoms with E-state index in [-0.39, 0.29) is 12.2 Å². The summed E-state index contributed by atoms with van der Waals surface area (Å²) in [6.45, 7) is -0.490. The Labute approximate surface area is 145 Å². The fourth-order valence-corrected chi connectivity index (χ4v) is 2.98. The van der Waals surface area contributed by atoms with E-state index in [1.54, 1.807) is 6.07 Å². The summed E-state index contributed by atoms with van der Waals surface area (Å²) in [7, 11) is -3.71. The molecule has 2 rings (SSSR count). The molecule has 1 amide bonds. The number of benzene rings is 2. The number of hydrogen-bond acceptors (Lipinski definition) is 4. The van der Waals surface area contributed by atoms with E-state index in [0.29, 0.717) is 11.1 Å². The van der Waals surface area contributed by atoms with Crippen LogP contribution in [0, 0.1) is 17.1 Å². The number of nitrogens with one attached hydrogen (secondary N) is 1. The SMILES string of the molecule is CS(=O)(=O)N(CC(=O)NCc1ccccc1F)c1ccc(C#N)cc1. The van der Waals surface area contributed by atoms with E-state index in [1.807, 2.05) is 6.07 Å². The third-order valence-corrected chi connectivity index (χ3v) is 4.55. The number of hydrogen-bond donors (Lipinski definition) is 1. The van der Waals surface area contributed by atoms with Crippen LogP contribution in [0.4, 0.5) is 10.1 Å². The molecule has 0 aliphatic rings. The second-order valence-electron chi connectivity index (χ2n) is 5.30. The van der Waals surface area contributed by atoms with Gasteiger partial charge in [0.25, 0.3) is 0 Å². The van der Waals surface area contributed by atoms with Gasteiger partial charge < -0.3 is 5.32 Å². The van der Waals surface area contributed by atoms with E-state index in [1.165, 1.54) is 42.5 Å². The van der Waals surface area contributed by atoms with Gasteiger partial charge in [0.15, 0.2) is 0 Å². The van der Waals surface area contributed by atoms with Gasteiger partial charge >= 0.3 is 0 Å². The minimum Gasteiger partial charge on any atom is -0.350 e. The minimum absolute atomic E-state index is 0.0452. The molecule has 130 valence electrons. The molecule has 25 heavy (non-hydrogen) atoms. The molecule has 0 aromatic heterocycles. The zero-order chi connectivity index (χ0) is 18.4. The monoisotopic (exact) mass is 361 g/mol. The molecule has 6 nitrogen and oxygen atoms in total. The minimum atomic E-state index is -3.71. The Bertz CT molecular complexity index is 905. The van der Waals surface area contributed by atoms with Crippen molar-refractivity contribution in [3.63, 3.8) is 0 Å². The van der Waals surface area contributed by atoms with Crippen molar-refractivity contribution >= 4 is 21.6 Å². The molecule has 2 aromatic carbocycles. The summed E-state index contributed by atoms with van der Waals surface area (Å²) in [5.41, 5.74) is 0.948. The third kappa shape index (κ3) is 5.02. The average molecular weight is 361 g/mol. The molecule has 0 saturated heterocycles. The first-order valence-corrected chi connectivity index (χ1v) is 9.14. The second-order valence-corrected chi connectivity index (χ2v) is 7.20. The molecule has 0 heterocycles. The van der Waals surface area contributed by atoms with Gasteiger partial charge in [-0.3, -0.25) is 9.10 Å². The maximum Gasteiger partial charge on any atom is 0.241 e. The zero-order valence-electron chi connectivity index (χ0n) is 13.4. The van der Waals surface area contributed by atoms with Crippen LogP contribution in [0.1, 0.15) is 11.1 Å². The Morgan fingerprint density at radius 3 is 2.40 bits per heavy atom. The molecule has 1 N–H and O–H groups in total. The standard InChI is InChI=1S/C17H16FN3O3S/c1-25(23,24)21(15-8-6-13(10-19)7-9-15)12-17(22)20-11-14-4-2-3-5-16(14)18/h2-9H,11-12H2,1H3,(H,20,22). The summed E-state index contributed by atoms with van der Waals surface area (Å²) >= 11 is 0. The van der Waals surface area contributed by atoms with Crippen molar-refractivity contribution < 1.29 is 17.6 Å². The molecular formula is C17H16FN3O3S. The van der Waals surface area contributed by atoms with E-state index in [9.17, 15) is 17.6 Å². The van der Waals surface area contributed by atoms with Gasteiger partial charge in [0.2, 0.25) is 15.9 Å². The Morgan fingerprint density at radius 2 is 1.84 bits per heavy atom. The lowest BCUT2D eigenvalue weighted by molar-refractivity contribution is -0.119. The van der Waals surface area contributed by atoms with E-state index < -0.39 is 28.3 Å². The molecule has 2 aromatic rings. The Balaban J connectivity index is 2.10. The predicted octanol–water partition coefficient (Wildman–Crippen LogP) is 1.78. The summed E-state index contributed by atoms with van der Waals surface area (Å²) in [6.07, 6.45) is 0.981. The van der Waals surface area contributed by atoms with Crippen LogP contribution in [-0.4, -0.2) is 27.1 Å². The van der Waals surface area contributed by atoms with E-state index in [0.717, 1.165) is 10.6 Å². The number of sulfonamides is 1. The van der Waals surface area contributed by atoms with E-state index >= 15 is 0 Å². The summed E-state index contributed by atoms with van der Waals surface area (Å²) in [4.78, 5) is 12.1. The first-order valence-electron chi connectivity index (χ1n) is 7.29. The first kappa shape index (κ1) is 18.4. The van der Waals surface area contributed by atoms with Gasteiger partial charge in [0.1, 0.15) is 12.4 Å². The van der Waals surface area contributed by atoms with Crippen molar-refractivity contribution in [1.29, 1.82) is 5.26 Å². The molecule has 0 aliphatic carbocycles. The molecule has 0 saturated carbocycles. The van der Waals surface area contributed by atoms with Crippen LogP contribution in [0.25, 0.3) is 0 Å². The number of rotatable bonds is 6. The summed E-state index contributed by atoms with van der Waals surface area (Å²) < 4.78 is 38.4. The van der Waals surface area contributed by atoms with Crippen molar-refractivity contribution in [2.45, 2.75) is 6.54 Å². The van der Waals surface area contributed by atoms with E-state index in [2.05, 4.69) is 5.32 Å². The van der Waals surface area contributed by atoms with Crippen molar-refractivity contribution in [2.75, 3.05) is 17.1 Å². The fourth-order valence-electron chi connectivity index (χ4n) is 2.12. The van der Waals surface area contributed by atoms with Crippen molar-refractivity contribution in [2.24, 2.45) is 0 Å². The third-order valence-electron chi connectivity index (χ3n) is 3.41. The number of halogens is 1. The van der Waals surface area contributed by atoms with Crippen LogP contribution >= 0.6 is 0 Å². The highest BCUT2D eigenvalue weighted by molar-refractivity contribution is 7.92. The average Bonchev–Trinajstić information content (AvgIpc) is 2.58. The van der Waals surface area contributed by atoms with Crippen LogP contribution < -0.4 is 9.62 Å². The Hall–Kier alpha value is -2.92. The number of carbonyl (C=O) groups is 1. The number of nitriles is 1. The zero-order valence-corrected chi connectivity index (χ0v) is 14.3. The van der Waals surface area contributed by atoms with Gasteiger partial charge in [0, 0.05) is 12.1 Å². The summed E-state index contributed by atoms with van der Waals surface area (Å²) in [5.74, 6) is -1.02. The lowest BCUT2D eigenvalue weighted by Gasteiger charge is -2.22. The summed E-state index contributed by atoms with van der Waals surface area (Å²) in [5, 5.41) is 11.3. The molecule has 0 unspecified atom stereocenters. The van der Waals surface area contributed by atoms with Gasteiger partial charge in [-0.2, -0.15) is 5.26 Å². The lowest BCUT2D eigenvalue weighted by atomic mass is 10.2. The molecule has 0 spiro atoms. The van der Waals surface area contributed by atoms with Gasteiger partial charge in [-0.05, 0) is 30.3 Å². The molecule has 0 fully saturated rings. The predicted molar refractivity (Wildman–Crippen MR) is 91.6 cm³/mol. The highest BCUT2D eigenvalue weighted by atomic mass is 32.2. The number of anilines is 1. The largest absolute Gasteiger partial charge is 0.350 e. The molecule has 0 bridgehead atoms. The molecule has 0 atom stereocenters. The normalized spacial score (nSPS) is 10.8. The fraction of sp³-hybridized carbons (Fsp3) is 0.176. The maximum absolute atomic E-state index is 13.5. The molecule has 0 aliphatic heterocycles. The highest BCUT2D eigenvalue weighted by Crippen LogP contribution is 2.18. The molecule has 8 heteroatoms. The van der Waals surface area contributed by atoms with Crippen LogP contribution in [0.2, 0.25) is 0 Å².